The third kappa shape index (κ3) is 3.50. The Kier molecular flexibility index (Phi) is 5.12. The Morgan fingerprint density at radius 1 is 1.08 bits per heavy atom. The summed E-state index contributed by atoms with van der Waals surface area (Å²) in [4.78, 5) is 16.0. The van der Waals surface area contributed by atoms with Crippen LogP contribution in [0.4, 0.5) is 0 Å². The minimum absolute atomic E-state index is 0.00587. The van der Waals surface area contributed by atoms with Crippen LogP contribution in [0.15, 0.2) is 30.3 Å². The van der Waals surface area contributed by atoms with Gasteiger partial charge >= 0.3 is 0 Å². The van der Waals surface area contributed by atoms with E-state index in [1.54, 1.807) is 6.92 Å². The van der Waals surface area contributed by atoms with Gasteiger partial charge in [-0.3, -0.25) is 4.79 Å². The maximum atomic E-state index is 11.2. The van der Waals surface area contributed by atoms with E-state index in [1.165, 1.54) is 27.8 Å². The van der Waals surface area contributed by atoms with Crippen LogP contribution >= 0.6 is 0 Å². The third-order valence-corrected chi connectivity index (χ3v) is 5.29. The van der Waals surface area contributed by atoms with Gasteiger partial charge in [-0.1, -0.05) is 18.2 Å². The van der Waals surface area contributed by atoms with Gasteiger partial charge in [-0.15, -0.1) is 0 Å². The molecular formula is C22H27N3O. The molecule has 0 aliphatic rings. The van der Waals surface area contributed by atoms with E-state index in [0.29, 0.717) is 6.54 Å². The van der Waals surface area contributed by atoms with Crippen molar-refractivity contribution in [3.8, 4) is 0 Å². The molecule has 0 bridgehead atoms. The van der Waals surface area contributed by atoms with Crippen molar-refractivity contribution in [1.29, 1.82) is 0 Å². The lowest BCUT2D eigenvalue weighted by Crippen LogP contribution is -2.23. The molecule has 1 N–H and O–H groups in total. The molecule has 2 aromatic carbocycles. The monoisotopic (exact) mass is 349 g/mol. The largest absolute Gasteiger partial charge is 0.356 e. The Bertz CT molecular complexity index is 943. The van der Waals surface area contributed by atoms with Gasteiger partial charge in [0.25, 0.3) is 0 Å². The van der Waals surface area contributed by atoms with Crippen molar-refractivity contribution >= 4 is 16.9 Å². The van der Waals surface area contributed by atoms with Crippen molar-refractivity contribution in [3.63, 3.8) is 0 Å². The molecule has 0 radical (unpaired) electrons. The number of para-hydroxylation sites is 2. The first kappa shape index (κ1) is 18.2. The number of aryl methyl sites for hydroxylation is 2. The van der Waals surface area contributed by atoms with E-state index in [9.17, 15) is 4.79 Å². The van der Waals surface area contributed by atoms with E-state index in [2.05, 4.69) is 61.8 Å². The van der Waals surface area contributed by atoms with Crippen molar-refractivity contribution in [2.45, 2.75) is 47.6 Å². The lowest BCUT2D eigenvalue weighted by atomic mass is 9.94. The highest BCUT2D eigenvalue weighted by Crippen LogP contribution is 2.25. The Balaban J connectivity index is 2.05. The number of nitrogens with zero attached hydrogens (tertiary/aromatic N) is 2. The second-order valence-electron chi connectivity index (χ2n) is 7.07. The molecule has 3 aromatic rings. The summed E-state index contributed by atoms with van der Waals surface area (Å²) in [5.41, 5.74) is 8.86. The predicted octanol–water partition coefficient (Wildman–Crippen LogP) is 4.00. The number of imidazole rings is 1. The first-order valence-electron chi connectivity index (χ1n) is 9.13. The molecular weight excluding hydrogens is 322 g/mol. The van der Waals surface area contributed by atoms with Gasteiger partial charge in [-0.05, 0) is 67.6 Å². The molecule has 0 fully saturated rings. The molecule has 0 atom stereocenters. The summed E-state index contributed by atoms with van der Waals surface area (Å²) in [6, 6.07) is 10.5. The van der Waals surface area contributed by atoms with Gasteiger partial charge in [0.1, 0.15) is 5.82 Å². The number of amides is 1. The lowest BCUT2D eigenvalue weighted by Gasteiger charge is -2.18. The van der Waals surface area contributed by atoms with Gasteiger partial charge in [-0.25, -0.2) is 4.98 Å². The van der Waals surface area contributed by atoms with E-state index in [-0.39, 0.29) is 5.91 Å². The first-order chi connectivity index (χ1) is 12.4. The van der Waals surface area contributed by atoms with Crippen LogP contribution in [0, 0.1) is 27.7 Å². The van der Waals surface area contributed by atoms with Crippen LogP contribution in [0.25, 0.3) is 11.0 Å². The Morgan fingerprint density at radius 3 is 2.38 bits per heavy atom. The SMILES string of the molecule is CC(=O)NCCc1nc2ccccc2n1Cc1c(C)c(C)cc(C)c1C. The Hall–Kier alpha value is -2.62. The molecule has 1 aromatic heterocycles. The zero-order valence-electron chi connectivity index (χ0n) is 16.3. The quantitative estimate of drug-likeness (QED) is 0.757. The second-order valence-corrected chi connectivity index (χ2v) is 7.07. The van der Waals surface area contributed by atoms with Gasteiger partial charge in [0.15, 0.2) is 0 Å². The Morgan fingerprint density at radius 2 is 1.73 bits per heavy atom. The van der Waals surface area contributed by atoms with Gasteiger partial charge in [-0.2, -0.15) is 0 Å². The summed E-state index contributed by atoms with van der Waals surface area (Å²) >= 11 is 0. The maximum absolute atomic E-state index is 11.2. The van der Waals surface area contributed by atoms with Gasteiger partial charge in [0.05, 0.1) is 11.0 Å². The van der Waals surface area contributed by atoms with Crippen molar-refractivity contribution < 1.29 is 4.79 Å². The highest BCUT2D eigenvalue weighted by Gasteiger charge is 2.15. The zero-order chi connectivity index (χ0) is 18.8. The van der Waals surface area contributed by atoms with E-state index in [4.69, 9.17) is 4.98 Å². The normalized spacial score (nSPS) is 11.1. The number of hydrogen-bond acceptors (Lipinski definition) is 2. The first-order valence-corrected chi connectivity index (χ1v) is 9.13. The van der Waals surface area contributed by atoms with Crippen molar-refractivity contribution in [2.24, 2.45) is 0 Å². The van der Waals surface area contributed by atoms with Crippen molar-refractivity contribution in [1.82, 2.24) is 14.9 Å². The summed E-state index contributed by atoms with van der Waals surface area (Å²) in [6.45, 7) is 11.7. The number of fused-ring (bicyclic) bond motifs is 1. The Labute approximate surface area is 155 Å². The highest BCUT2D eigenvalue weighted by atomic mass is 16.1. The molecule has 0 spiro atoms. The number of carbonyl (C=O) groups excluding carboxylic acids is 1. The highest BCUT2D eigenvalue weighted by molar-refractivity contribution is 5.76. The molecule has 4 nitrogen and oxygen atoms in total. The van der Waals surface area contributed by atoms with Gasteiger partial charge in [0.2, 0.25) is 5.91 Å². The smallest absolute Gasteiger partial charge is 0.216 e. The fourth-order valence-electron chi connectivity index (χ4n) is 3.54. The van der Waals surface area contributed by atoms with E-state index < -0.39 is 0 Å². The molecule has 1 amide bonds. The molecule has 0 aliphatic carbocycles. The molecule has 1 heterocycles. The summed E-state index contributed by atoms with van der Waals surface area (Å²) in [5, 5.41) is 2.88. The third-order valence-electron chi connectivity index (χ3n) is 5.29. The van der Waals surface area contributed by atoms with E-state index >= 15 is 0 Å². The van der Waals surface area contributed by atoms with Crippen LogP contribution in [0.2, 0.25) is 0 Å². The molecule has 0 aliphatic heterocycles. The standard InChI is InChI=1S/C22H27N3O/c1-14-12-15(2)17(4)19(16(14)3)13-25-21-9-7-6-8-20(21)24-22(25)10-11-23-18(5)26/h6-9,12H,10-11,13H2,1-5H3,(H,23,26). The molecule has 136 valence electrons. The average molecular weight is 349 g/mol. The number of nitrogens with one attached hydrogen (secondary N) is 1. The minimum atomic E-state index is -0.00587. The van der Waals surface area contributed by atoms with Crippen molar-refractivity contribution in [3.05, 3.63) is 64.0 Å². The number of aromatic nitrogens is 2. The molecule has 3 rings (SSSR count). The predicted molar refractivity (Wildman–Crippen MR) is 107 cm³/mol. The topological polar surface area (TPSA) is 46.9 Å². The summed E-state index contributed by atoms with van der Waals surface area (Å²) < 4.78 is 2.30. The summed E-state index contributed by atoms with van der Waals surface area (Å²) in [6.07, 6.45) is 0.719. The number of benzene rings is 2. The maximum Gasteiger partial charge on any atom is 0.216 e. The van der Waals surface area contributed by atoms with Crippen LogP contribution in [0.5, 0.6) is 0 Å². The van der Waals surface area contributed by atoms with Crippen LogP contribution in [-0.4, -0.2) is 22.0 Å². The summed E-state index contributed by atoms with van der Waals surface area (Å²) in [7, 11) is 0. The second kappa shape index (κ2) is 7.32. The fourth-order valence-corrected chi connectivity index (χ4v) is 3.54. The van der Waals surface area contributed by atoms with Gasteiger partial charge in [0, 0.05) is 26.4 Å². The number of carbonyl (C=O) groups is 1. The summed E-state index contributed by atoms with van der Waals surface area (Å²) in [5.74, 6) is 1.01. The molecule has 26 heavy (non-hydrogen) atoms. The van der Waals surface area contributed by atoms with E-state index in [1.807, 2.05) is 6.07 Å². The van der Waals surface area contributed by atoms with Crippen LogP contribution in [0.3, 0.4) is 0 Å². The fraction of sp³-hybridized carbons (Fsp3) is 0.364. The molecule has 0 saturated heterocycles. The number of hydrogen-bond donors (Lipinski definition) is 1. The molecule has 0 unspecified atom stereocenters. The molecule has 0 saturated carbocycles. The van der Waals surface area contributed by atoms with Crippen molar-refractivity contribution in [2.75, 3.05) is 6.54 Å². The van der Waals surface area contributed by atoms with Crippen LogP contribution in [0.1, 0.15) is 40.6 Å². The number of rotatable bonds is 5. The van der Waals surface area contributed by atoms with E-state index in [0.717, 1.165) is 29.8 Å². The average Bonchev–Trinajstić information content (AvgIpc) is 2.94. The van der Waals surface area contributed by atoms with Crippen LogP contribution in [-0.2, 0) is 17.8 Å². The molecule has 4 heteroatoms. The lowest BCUT2D eigenvalue weighted by molar-refractivity contribution is -0.118. The van der Waals surface area contributed by atoms with Crippen LogP contribution < -0.4 is 5.32 Å². The van der Waals surface area contributed by atoms with Gasteiger partial charge < -0.3 is 9.88 Å². The zero-order valence-corrected chi connectivity index (χ0v) is 16.3. The minimum Gasteiger partial charge on any atom is -0.356 e.